The van der Waals surface area contributed by atoms with Crippen LogP contribution in [-0.4, -0.2) is 42.8 Å². The molecule has 1 unspecified atom stereocenters. The highest BCUT2D eigenvalue weighted by Crippen LogP contribution is 2.21. The molecular weight excluding hydrogens is 276 g/mol. The van der Waals surface area contributed by atoms with Crippen LogP contribution in [0.4, 0.5) is 5.69 Å². The molecule has 0 bridgehead atoms. The number of hydrogen-bond acceptors (Lipinski definition) is 6. The maximum absolute atomic E-state index is 11.8. The molecule has 0 aromatic heterocycles. The quantitative estimate of drug-likeness (QED) is 0.480. The lowest BCUT2D eigenvalue weighted by molar-refractivity contribution is -0.385. The minimum absolute atomic E-state index is 0.138. The van der Waals surface area contributed by atoms with E-state index in [0.717, 1.165) is 12.1 Å². The number of aliphatic hydroxyl groups is 2. The predicted molar refractivity (Wildman–Crippen MR) is 66.1 cm³/mol. The van der Waals surface area contributed by atoms with Crippen LogP contribution in [0.5, 0.6) is 0 Å². The molecule has 1 rings (SSSR count). The molecule has 0 spiro atoms. The summed E-state index contributed by atoms with van der Waals surface area (Å²) in [5.41, 5.74) is 0.0462. The van der Waals surface area contributed by atoms with E-state index in [-0.39, 0.29) is 22.7 Å². The van der Waals surface area contributed by atoms with Gasteiger partial charge in [0.25, 0.3) is 5.69 Å². The van der Waals surface area contributed by atoms with Crippen LogP contribution in [0.25, 0.3) is 0 Å². The summed E-state index contributed by atoms with van der Waals surface area (Å²) < 4.78 is 25.7. The van der Waals surface area contributed by atoms with Gasteiger partial charge in [0, 0.05) is 18.2 Å². The summed E-state index contributed by atoms with van der Waals surface area (Å²) >= 11 is 0. The Morgan fingerprint density at radius 3 is 2.58 bits per heavy atom. The molecule has 0 saturated heterocycles. The zero-order chi connectivity index (χ0) is 14.6. The third kappa shape index (κ3) is 3.96. The van der Waals surface area contributed by atoms with Crippen molar-refractivity contribution in [2.75, 3.05) is 13.2 Å². The van der Waals surface area contributed by atoms with Crippen LogP contribution < -0.4 is 4.72 Å². The van der Waals surface area contributed by atoms with E-state index < -0.39 is 27.7 Å². The van der Waals surface area contributed by atoms with Gasteiger partial charge in [-0.1, -0.05) is 0 Å². The van der Waals surface area contributed by atoms with Crippen LogP contribution >= 0.6 is 0 Å². The third-order valence-corrected chi connectivity index (χ3v) is 3.82. The van der Waals surface area contributed by atoms with Crippen molar-refractivity contribution in [1.82, 2.24) is 4.72 Å². The van der Waals surface area contributed by atoms with E-state index in [1.807, 2.05) is 0 Å². The van der Waals surface area contributed by atoms with Gasteiger partial charge in [0.1, 0.15) is 0 Å². The minimum atomic E-state index is -3.87. The van der Waals surface area contributed by atoms with E-state index in [1.165, 1.54) is 13.0 Å². The van der Waals surface area contributed by atoms with Gasteiger partial charge in [-0.3, -0.25) is 10.1 Å². The number of benzene rings is 1. The van der Waals surface area contributed by atoms with Gasteiger partial charge in [0.05, 0.1) is 22.5 Å². The molecule has 1 atom stereocenters. The molecule has 9 heteroatoms. The van der Waals surface area contributed by atoms with Gasteiger partial charge >= 0.3 is 0 Å². The highest BCUT2D eigenvalue weighted by molar-refractivity contribution is 7.89. The largest absolute Gasteiger partial charge is 0.394 e. The van der Waals surface area contributed by atoms with Crippen molar-refractivity contribution in [2.24, 2.45) is 0 Å². The normalized spacial score (nSPS) is 13.2. The molecule has 0 fully saturated rings. The number of hydrogen-bond donors (Lipinski definition) is 3. The summed E-state index contributed by atoms with van der Waals surface area (Å²) in [4.78, 5) is 9.88. The zero-order valence-corrected chi connectivity index (χ0v) is 10.9. The Kier molecular flexibility index (Phi) is 4.95. The van der Waals surface area contributed by atoms with E-state index in [1.54, 1.807) is 0 Å². The minimum Gasteiger partial charge on any atom is -0.394 e. The molecule has 0 radical (unpaired) electrons. The monoisotopic (exact) mass is 290 g/mol. The van der Waals surface area contributed by atoms with E-state index in [2.05, 4.69) is 4.72 Å². The van der Waals surface area contributed by atoms with Crippen molar-refractivity contribution in [1.29, 1.82) is 0 Å². The number of nitro groups is 1. The second-order valence-electron chi connectivity index (χ2n) is 3.89. The van der Waals surface area contributed by atoms with Crippen LogP contribution in [-0.2, 0) is 10.0 Å². The molecule has 0 amide bonds. The Morgan fingerprint density at radius 1 is 1.47 bits per heavy atom. The van der Waals surface area contributed by atoms with Crippen molar-refractivity contribution >= 4 is 15.7 Å². The van der Waals surface area contributed by atoms with Crippen molar-refractivity contribution in [3.8, 4) is 0 Å². The van der Waals surface area contributed by atoms with Crippen molar-refractivity contribution in [3.05, 3.63) is 33.9 Å². The zero-order valence-electron chi connectivity index (χ0n) is 10.1. The molecule has 0 aliphatic carbocycles. The first-order valence-corrected chi connectivity index (χ1v) is 6.80. The first-order valence-electron chi connectivity index (χ1n) is 5.31. The van der Waals surface area contributed by atoms with E-state index in [0.29, 0.717) is 0 Å². The second-order valence-corrected chi connectivity index (χ2v) is 5.66. The summed E-state index contributed by atoms with van der Waals surface area (Å²) in [5.74, 6) is 0. The average Bonchev–Trinajstić information content (AvgIpc) is 2.35. The number of aliphatic hydroxyl groups excluding tert-OH is 2. The Labute approximate surface area is 109 Å². The molecule has 0 aliphatic rings. The number of nitrogens with one attached hydrogen (secondary N) is 1. The Bertz CT molecular complexity index is 571. The summed E-state index contributed by atoms with van der Waals surface area (Å²) in [7, 11) is -3.87. The lowest BCUT2D eigenvalue weighted by Crippen LogP contribution is -2.33. The Morgan fingerprint density at radius 2 is 2.11 bits per heavy atom. The van der Waals surface area contributed by atoms with Gasteiger partial charge in [-0.05, 0) is 19.1 Å². The smallest absolute Gasteiger partial charge is 0.272 e. The highest BCUT2D eigenvalue weighted by atomic mass is 32.2. The summed E-state index contributed by atoms with van der Waals surface area (Å²) in [5, 5.41) is 28.3. The number of aryl methyl sites for hydroxylation is 1. The number of nitrogens with zero attached hydrogens (tertiary/aromatic N) is 1. The fourth-order valence-corrected chi connectivity index (χ4v) is 2.51. The summed E-state index contributed by atoms with van der Waals surface area (Å²) in [6.45, 7) is 0.524. The van der Waals surface area contributed by atoms with Crippen LogP contribution in [0.2, 0.25) is 0 Å². The van der Waals surface area contributed by atoms with Crippen molar-refractivity contribution in [3.63, 3.8) is 0 Å². The Balaban J connectivity index is 2.96. The van der Waals surface area contributed by atoms with Crippen LogP contribution in [0.15, 0.2) is 23.1 Å². The lowest BCUT2D eigenvalue weighted by Gasteiger charge is -2.10. The molecule has 106 valence electrons. The molecule has 1 aromatic rings. The third-order valence-electron chi connectivity index (χ3n) is 2.39. The number of sulfonamides is 1. The van der Waals surface area contributed by atoms with E-state index >= 15 is 0 Å². The SMILES string of the molecule is Cc1cc(S(=O)(=O)NCC(O)CO)ccc1[N+](=O)[O-]. The Hall–Kier alpha value is -1.55. The summed E-state index contributed by atoms with van der Waals surface area (Å²) in [6, 6.07) is 3.39. The fraction of sp³-hybridized carbons (Fsp3) is 0.400. The van der Waals surface area contributed by atoms with Gasteiger partial charge in [0.15, 0.2) is 0 Å². The predicted octanol–water partition coefficient (Wildman–Crippen LogP) is -0.465. The first-order chi connectivity index (χ1) is 8.77. The molecule has 0 saturated carbocycles. The van der Waals surface area contributed by atoms with Gasteiger partial charge in [-0.25, -0.2) is 13.1 Å². The number of rotatable bonds is 6. The average molecular weight is 290 g/mol. The van der Waals surface area contributed by atoms with Crippen LogP contribution in [0.3, 0.4) is 0 Å². The fourth-order valence-electron chi connectivity index (χ4n) is 1.35. The summed E-state index contributed by atoms with van der Waals surface area (Å²) in [6.07, 6.45) is -1.20. The van der Waals surface area contributed by atoms with E-state index in [4.69, 9.17) is 10.2 Å². The highest BCUT2D eigenvalue weighted by Gasteiger charge is 2.19. The van der Waals surface area contributed by atoms with Crippen molar-refractivity contribution in [2.45, 2.75) is 17.9 Å². The van der Waals surface area contributed by atoms with Crippen LogP contribution in [0.1, 0.15) is 5.56 Å². The molecule has 0 heterocycles. The van der Waals surface area contributed by atoms with Gasteiger partial charge in [-0.15, -0.1) is 0 Å². The molecule has 0 aliphatic heterocycles. The van der Waals surface area contributed by atoms with E-state index in [9.17, 15) is 18.5 Å². The molecular formula is C10H14N2O6S. The molecule has 1 aromatic carbocycles. The number of nitro benzene ring substituents is 1. The lowest BCUT2D eigenvalue weighted by atomic mass is 10.2. The van der Waals surface area contributed by atoms with Gasteiger partial charge in [0.2, 0.25) is 10.0 Å². The molecule has 19 heavy (non-hydrogen) atoms. The van der Waals surface area contributed by atoms with Crippen molar-refractivity contribution < 1.29 is 23.6 Å². The standard InChI is InChI=1S/C10H14N2O6S/c1-7-4-9(2-3-10(7)12(15)16)19(17,18)11-5-8(14)6-13/h2-4,8,11,13-14H,5-6H2,1H3. The molecule has 3 N–H and O–H groups in total. The van der Waals surface area contributed by atoms with Gasteiger partial charge < -0.3 is 10.2 Å². The molecule has 8 nitrogen and oxygen atoms in total. The maximum Gasteiger partial charge on any atom is 0.272 e. The van der Waals surface area contributed by atoms with Crippen LogP contribution in [0, 0.1) is 17.0 Å². The second kappa shape index (κ2) is 6.06. The topological polar surface area (TPSA) is 130 Å². The van der Waals surface area contributed by atoms with Gasteiger partial charge in [-0.2, -0.15) is 0 Å². The maximum atomic E-state index is 11.8. The first kappa shape index (κ1) is 15.5.